The van der Waals surface area contributed by atoms with Gasteiger partial charge in [-0.05, 0) is 37.3 Å². The van der Waals surface area contributed by atoms with Crippen molar-refractivity contribution in [3.63, 3.8) is 0 Å². The lowest BCUT2D eigenvalue weighted by Crippen LogP contribution is -2.38. The van der Waals surface area contributed by atoms with Gasteiger partial charge in [-0.3, -0.25) is 0 Å². The minimum absolute atomic E-state index is 0.0822. The number of hydrogen-bond acceptors (Lipinski definition) is 4. The Hall–Kier alpha value is -2.15. The maximum absolute atomic E-state index is 8.93. The minimum Gasteiger partial charge on any atom is -0.383 e. The summed E-state index contributed by atoms with van der Waals surface area (Å²) in [6.45, 7) is 2.48. The van der Waals surface area contributed by atoms with Crippen molar-refractivity contribution in [1.29, 1.82) is 10.5 Å². The van der Waals surface area contributed by atoms with Crippen molar-refractivity contribution in [2.24, 2.45) is 0 Å². The second-order valence-corrected chi connectivity index (χ2v) is 4.35. The number of thiocarbonyl (C=S) groups is 1. The molecule has 98 valence electrons. The highest BCUT2D eigenvalue weighted by atomic mass is 32.1. The summed E-state index contributed by atoms with van der Waals surface area (Å²) in [6.07, 6.45) is 0. The zero-order valence-corrected chi connectivity index (χ0v) is 11.5. The van der Waals surface area contributed by atoms with E-state index in [4.69, 9.17) is 27.5 Å². The van der Waals surface area contributed by atoms with Crippen LogP contribution < -0.4 is 10.6 Å². The Bertz CT molecular complexity index is 545. The lowest BCUT2D eigenvalue weighted by molar-refractivity contribution is 0.179. The number of benzene rings is 1. The van der Waals surface area contributed by atoms with Crippen LogP contribution in [0.1, 0.15) is 18.1 Å². The summed E-state index contributed by atoms with van der Waals surface area (Å²) in [6, 6.07) is 8.90. The number of nitrogens with zero attached hydrogens (tertiary/aromatic N) is 2. The first-order valence-corrected chi connectivity index (χ1v) is 6.02. The van der Waals surface area contributed by atoms with Crippen molar-refractivity contribution in [1.82, 2.24) is 5.32 Å². The molecule has 5 nitrogen and oxygen atoms in total. The van der Waals surface area contributed by atoms with Gasteiger partial charge in [-0.15, -0.1) is 0 Å². The Morgan fingerprint density at radius 3 is 2.63 bits per heavy atom. The number of rotatable bonds is 4. The molecule has 1 aromatic rings. The number of hydrogen-bond donors (Lipinski definition) is 2. The summed E-state index contributed by atoms with van der Waals surface area (Å²) in [5, 5.41) is 24.2. The maximum Gasteiger partial charge on any atom is 0.171 e. The van der Waals surface area contributed by atoms with Gasteiger partial charge in [-0.2, -0.15) is 10.5 Å². The van der Waals surface area contributed by atoms with E-state index in [9.17, 15) is 0 Å². The SMILES string of the molecule is COCC(C)NC(=S)Nc1ccc(C#N)c(C#N)c1. The molecule has 0 aliphatic carbocycles. The molecule has 0 bridgehead atoms. The standard InChI is InChI=1S/C13H14N4OS/c1-9(8-18-2)16-13(19)17-12-4-3-10(6-14)11(5-12)7-15/h3-5,9H,8H2,1-2H3,(H2,16,17,19). The minimum atomic E-state index is 0.0822. The Morgan fingerprint density at radius 2 is 2.05 bits per heavy atom. The predicted molar refractivity (Wildman–Crippen MR) is 76.6 cm³/mol. The number of methoxy groups -OCH3 is 1. The van der Waals surface area contributed by atoms with Crippen LogP contribution in [0.3, 0.4) is 0 Å². The first-order chi connectivity index (χ1) is 9.10. The fourth-order valence-corrected chi connectivity index (χ4v) is 1.81. The smallest absolute Gasteiger partial charge is 0.171 e. The maximum atomic E-state index is 8.93. The van der Waals surface area contributed by atoms with E-state index in [0.29, 0.717) is 28.5 Å². The second-order valence-electron chi connectivity index (χ2n) is 3.94. The quantitative estimate of drug-likeness (QED) is 0.814. The fraction of sp³-hybridized carbons (Fsp3) is 0.308. The topological polar surface area (TPSA) is 80.9 Å². The highest BCUT2D eigenvalue weighted by Crippen LogP contribution is 2.14. The molecule has 0 saturated heterocycles. The molecule has 6 heteroatoms. The second kappa shape index (κ2) is 7.32. The largest absolute Gasteiger partial charge is 0.383 e. The van der Waals surface area contributed by atoms with Gasteiger partial charge in [0.2, 0.25) is 0 Å². The predicted octanol–water partition coefficient (Wildman–Crippen LogP) is 1.75. The molecule has 1 aromatic carbocycles. The number of anilines is 1. The third-order valence-electron chi connectivity index (χ3n) is 2.31. The highest BCUT2D eigenvalue weighted by Gasteiger charge is 2.06. The lowest BCUT2D eigenvalue weighted by atomic mass is 10.1. The molecule has 1 unspecified atom stereocenters. The van der Waals surface area contributed by atoms with Gasteiger partial charge in [0.15, 0.2) is 5.11 Å². The summed E-state index contributed by atoms with van der Waals surface area (Å²) < 4.78 is 4.99. The zero-order chi connectivity index (χ0) is 14.3. The van der Waals surface area contributed by atoms with E-state index in [1.165, 1.54) is 0 Å². The van der Waals surface area contributed by atoms with Crippen LogP contribution in [0.15, 0.2) is 18.2 Å². The lowest BCUT2D eigenvalue weighted by Gasteiger charge is -2.16. The third kappa shape index (κ3) is 4.55. The van der Waals surface area contributed by atoms with Crippen molar-refractivity contribution >= 4 is 23.0 Å². The van der Waals surface area contributed by atoms with Gasteiger partial charge in [-0.1, -0.05) is 0 Å². The average molecular weight is 274 g/mol. The van der Waals surface area contributed by atoms with E-state index in [2.05, 4.69) is 10.6 Å². The molecule has 0 heterocycles. The monoisotopic (exact) mass is 274 g/mol. The van der Waals surface area contributed by atoms with Gasteiger partial charge in [-0.25, -0.2) is 0 Å². The van der Waals surface area contributed by atoms with Crippen LogP contribution in [-0.4, -0.2) is 24.9 Å². The molecule has 0 aliphatic rings. The van der Waals surface area contributed by atoms with E-state index < -0.39 is 0 Å². The van der Waals surface area contributed by atoms with Crippen LogP contribution in [-0.2, 0) is 4.74 Å². The van der Waals surface area contributed by atoms with Gasteiger partial charge < -0.3 is 15.4 Å². The number of nitrogens with one attached hydrogen (secondary N) is 2. The molecule has 2 N–H and O–H groups in total. The van der Waals surface area contributed by atoms with Gasteiger partial charge in [0.1, 0.15) is 12.1 Å². The first-order valence-electron chi connectivity index (χ1n) is 5.61. The van der Waals surface area contributed by atoms with E-state index in [0.717, 1.165) is 0 Å². The zero-order valence-electron chi connectivity index (χ0n) is 10.7. The Labute approximate surface area is 117 Å². The van der Waals surface area contributed by atoms with Crippen LogP contribution in [0.2, 0.25) is 0 Å². The summed E-state index contributed by atoms with van der Waals surface area (Å²) in [5.41, 5.74) is 1.33. The van der Waals surface area contributed by atoms with Crippen LogP contribution in [0.25, 0.3) is 0 Å². The van der Waals surface area contributed by atoms with Crippen molar-refractivity contribution in [2.75, 3.05) is 19.0 Å². The third-order valence-corrected chi connectivity index (χ3v) is 2.53. The van der Waals surface area contributed by atoms with E-state index in [1.54, 1.807) is 25.3 Å². The van der Waals surface area contributed by atoms with E-state index in [1.807, 2.05) is 19.1 Å². The highest BCUT2D eigenvalue weighted by molar-refractivity contribution is 7.80. The van der Waals surface area contributed by atoms with Crippen molar-refractivity contribution in [2.45, 2.75) is 13.0 Å². The number of nitriles is 2. The Morgan fingerprint density at radius 1 is 1.37 bits per heavy atom. The van der Waals surface area contributed by atoms with Crippen molar-refractivity contribution in [3.8, 4) is 12.1 Å². The van der Waals surface area contributed by atoms with Crippen LogP contribution in [0.5, 0.6) is 0 Å². The van der Waals surface area contributed by atoms with Gasteiger partial charge >= 0.3 is 0 Å². The Balaban J connectivity index is 2.71. The van der Waals surface area contributed by atoms with Crippen LogP contribution in [0.4, 0.5) is 5.69 Å². The Kier molecular flexibility index (Phi) is 5.74. The molecular weight excluding hydrogens is 260 g/mol. The average Bonchev–Trinajstić information content (AvgIpc) is 2.38. The van der Waals surface area contributed by atoms with E-state index in [-0.39, 0.29) is 6.04 Å². The normalized spacial score (nSPS) is 10.9. The summed E-state index contributed by atoms with van der Waals surface area (Å²) in [4.78, 5) is 0. The van der Waals surface area contributed by atoms with Gasteiger partial charge in [0.05, 0.1) is 17.7 Å². The molecule has 1 atom stereocenters. The van der Waals surface area contributed by atoms with Crippen LogP contribution in [0, 0.1) is 22.7 Å². The molecule has 0 spiro atoms. The summed E-state index contributed by atoms with van der Waals surface area (Å²) in [7, 11) is 1.62. The molecule has 0 aliphatic heterocycles. The first kappa shape index (κ1) is 14.9. The van der Waals surface area contributed by atoms with E-state index >= 15 is 0 Å². The summed E-state index contributed by atoms with van der Waals surface area (Å²) >= 11 is 5.14. The fourth-order valence-electron chi connectivity index (χ4n) is 1.49. The molecule has 19 heavy (non-hydrogen) atoms. The molecule has 0 fully saturated rings. The molecule has 0 saturated carbocycles. The molecule has 1 rings (SSSR count). The molecule has 0 aromatic heterocycles. The van der Waals surface area contributed by atoms with Crippen LogP contribution >= 0.6 is 12.2 Å². The summed E-state index contributed by atoms with van der Waals surface area (Å²) in [5.74, 6) is 0. The number of ether oxygens (including phenoxy) is 1. The molecule has 0 amide bonds. The van der Waals surface area contributed by atoms with Crippen molar-refractivity contribution < 1.29 is 4.74 Å². The van der Waals surface area contributed by atoms with Crippen molar-refractivity contribution in [3.05, 3.63) is 29.3 Å². The molecule has 0 radical (unpaired) electrons. The van der Waals surface area contributed by atoms with Gasteiger partial charge in [0.25, 0.3) is 0 Å². The van der Waals surface area contributed by atoms with Gasteiger partial charge in [0, 0.05) is 18.8 Å². The molecular formula is C13H14N4OS.